The molecule has 0 atom stereocenters. The number of phenols is 1. The number of aliphatic imine (C=N–C) groups is 1. The van der Waals surface area contributed by atoms with Crippen LogP contribution in [0, 0.1) is 23.3 Å². The maximum absolute atomic E-state index is 13.8. The van der Waals surface area contributed by atoms with Gasteiger partial charge in [0, 0.05) is 11.8 Å². The fraction of sp³-hybridized carbons (Fsp3) is 0.278. The highest BCUT2D eigenvalue weighted by Crippen LogP contribution is 2.39. The third kappa shape index (κ3) is 3.91. The number of alkyl halides is 3. The van der Waals surface area contributed by atoms with Crippen molar-refractivity contribution in [2.75, 3.05) is 0 Å². The van der Waals surface area contributed by atoms with Gasteiger partial charge in [-0.1, -0.05) is 32.9 Å². The fourth-order valence-corrected chi connectivity index (χ4v) is 2.39. The van der Waals surface area contributed by atoms with Gasteiger partial charge in [0.2, 0.25) is 0 Å². The van der Waals surface area contributed by atoms with E-state index in [0.717, 1.165) is 0 Å². The van der Waals surface area contributed by atoms with E-state index < -0.39 is 46.1 Å². The summed E-state index contributed by atoms with van der Waals surface area (Å²) in [6.45, 7) is 5.34. The van der Waals surface area contributed by atoms with Gasteiger partial charge in [-0.25, -0.2) is 22.6 Å². The van der Waals surface area contributed by atoms with Crippen molar-refractivity contribution in [2.24, 2.45) is 4.99 Å². The Morgan fingerprint density at radius 1 is 0.889 bits per heavy atom. The summed E-state index contributed by atoms with van der Waals surface area (Å²) in [6, 6.07) is 4.40. The van der Waals surface area contributed by atoms with Gasteiger partial charge >= 0.3 is 6.18 Å². The molecule has 0 bridgehead atoms. The van der Waals surface area contributed by atoms with Crippen LogP contribution in [0.4, 0.5) is 36.4 Å². The normalized spacial score (nSPS) is 12.8. The van der Waals surface area contributed by atoms with Gasteiger partial charge in [-0.05, 0) is 17.0 Å². The van der Waals surface area contributed by atoms with E-state index in [0.29, 0.717) is 11.8 Å². The summed E-state index contributed by atoms with van der Waals surface area (Å²) in [5.41, 5.74) is -4.33. The summed E-state index contributed by atoms with van der Waals surface area (Å²) in [7, 11) is 0. The first-order valence-corrected chi connectivity index (χ1v) is 7.56. The first-order chi connectivity index (χ1) is 12.3. The predicted molar refractivity (Wildman–Crippen MR) is 85.3 cm³/mol. The zero-order chi connectivity index (χ0) is 20.7. The Hall–Kier alpha value is -2.58. The van der Waals surface area contributed by atoms with Crippen LogP contribution in [0.15, 0.2) is 23.2 Å². The number of aromatic hydroxyl groups is 1. The van der Waals surface area contributed by atoms with E-state index in [1.807, 2.05) is 0 Å². The van der Waals surface area contributed by atoms with E-state index in [2.05, 4.69) is 4.99 Å². The van der Waals surface area contributed by atoms with Crippen LogP contribution in [0.5, 0.6) is 5.75 Å². The molecule has 2 nitrogen and oxygen atoms in total. The zero-order valence-corrected chi connectivity index (χ0v) is 14.3. The van der Waals surface area contributed by atoms with Crippen LogP contribution in [0.3, 0.4) is 0 Å². The number of halogens is 7. The van der Waals surface area contributed by atoms with E-state index in [-0.39, 0.29) is 11.3 Å². The number of benzene rings is 2. The lowest BCUT2D eigenvalue weighted by Crippen LogP contribution is -2.15. The summed E-state index contributed by atoms with van der Waals surface area (Å²) in [6.07, 6.45) is -4.92. The molecule has 0 spiro atoms. The molecule has 0 aliphatic heterocycles. The molecule has 0 heterocycles. The lowest BCUT2D eigenvalue weighted by molar-refractivity contribution is -0.143. The Bertz CT molecular complexity index is 882. The molecular formula is C18H14F7NO. The molecule has 2 rings (SSSR count). The van der Waals surface area contributed by atoms with Crippen molar-refractivity contribution in [3.63, 3.8) is 0 Å². The first-order valence-electron chi connectivity index (χ1n) is 7.56. The van der Waals surface area contributed by atoms with Crippen molar-refractivity contribution in [2.45, 2.75) is 32.4 Å². The molecule has 0 saturated carbocycles. The molecule has 2 aromatic rings. The van der Waals surface area contributed by atoms with Crippen molar-refractivity contribution in [3.8, 4) is 5.75 Å². The van der Waals surface area contributed by atoms with E-state index in [4.69, 9.17) is 0 Å². The Morgan fingerprint density at radius 2 is 1.41 bits per heavy atom. The Morgan fingerprint density at radius 3 is 1.85 bits per heavy atom. The highest BCUT2D eigenvalue weighted by atomic mass is 19.4. The van der Waals surface area contributed by atoms with E-state index in [9.17, 15) is 35.8 Å². The lowest BCUT2D eigenvalue weighted by Gasteiger charge is -2.21. The highest BCUT2D eigenvalue weighted by molar-refractivity contribution is 5.86. The molecule has 0 amide bonds. The molecule has 0 aliphatic rings. The number of hydrogen-bond donors (Lipinski definition) is 1. The van der Waals surface area contributed by atoms with Crippen LogP contribution in [-0.4, -0.2) is 11.3 Å². The third-order valence-electron chi connectivity index (χ3n) is 3.73. The van der Waals surface area contributed by atoms with Crippen LogP contribution in [0.25, 0.3) is 0 Å². The van der Waals surface area contributed by atoms with Crippen LogP contribution in [0.1, 0.15) is 37.5 Å². The summed E-state index contributed by atoms with van der Waals surface area (Å²) >= 11 is 0. The van der Waals surface area contributed by atoms with Gasteiger partial charge < -0.3 is 5.11 Å². The van der Waals surface area contributed by atoms with Crippen molar-refractivity contribution in [1.82, 2.24) is 0 Å². The molecule has 146 valence electrons. The van der Waals surface area contributed by atoms with Gasteiger partial charge in [-0.2, -0.15) is 13.2 Å². The van der Waals surface area contributed by atoms with Gasteiger partial charge in [0.05, 0.1) is 0 Å². The highest BCUT2D eigenvalue weighted by Gasteiger charge is 2.42. The molecule has 0 unspecified atom stereocenters. The summed E-state index contributed by atoms with van der Waals surface area (Å²) in [4.78, 5) is 3.22. The molecule has 0 saturated heterocycles. The average molecular weight is 393 g/mol. The number of para-hydroxylation sites is 1. The molecule has 27 heavy (non-hydrogen) atoms. The minimum Gasteiger partial charge on any atom is -0.507 e. The maximum atomic E-state index is 13.8. The average Bonchev–Trinajstić information content (AvgIpc) is 2.52. The second kappa shape index (κ2) is 6.86. The van der Waals surface area contributed by atoms with Gasteiger partial charge in [-0.3, -0.25) is 0 Å². The second-order valence-electron chi connectivity index (χ2n) is 6.73. The van der Waals surface area contributed by atoms with Crippen molar-refractivity contribution in [1.29, 1.82) is 0 Å². The fourth-order valence-electron chi connectivity index (χ4n) is 2.39. The van der Waals surface area contributed by atoms with Crippen LogP contribution < -0.4 is 0 Å². The van der Waals surface area contributed by atoms with E-state index in [1.54, 1.807) is 26.8 Å². The smallest absolute Gasteiger partial charge is 0.422 e. The van der Waals surface area contributed by atoms with Crippen molar-refractivity contribution < 1.29 is 35.8 Å². The predicted octanol–water partition coefficient (Wildman–Crippen LogP) is 6.02. The van der Waals surface area contributed by atoms with Crippen LogP contribution >= 0.6 is 0 Å². The van der Waals surface area contributed by atoms with Crippen molar-refractivity contribution >= 4 is 11.9 Å². The Kier molecular flexibility index (Phi) is 5.27. The number of rotatable bonds is 2. The molecule has 0 aromatic heterocycles. The number of hydrogen-bond acceptors (Lipinski definition) is 2. The maximum Gasteiger partial charge on any atom is 0.422 e. The SMILES string of the molecule is CC(C)(C)c1cccc(C=Nc2c(F)c(F)c(C(F)(F)F)c(F)c2F)c1O. The van der Waals surface area contributed by atoms with Crippen molar-refractivity contribution in [3.05, 3.63) is 58.2 Å². The quantitative estimate of drug-likeness (QED) is 0.378. The second-order valence-corrected chi connectivity index (χ2v) is 6.73. The largest absolute Gasteiger partial charge is 0.507 e. The summed E-state index contributed by atoms with van der Waals surface area (Å²) in [5, 5.41) is 10.2. The summed E-state index contributed by atoms with van der Waals surface area (Å²) < 4.78 is 92.6. The molecule has 0 fully saturated rings. The third-order valence-corrected chi connectivity index (χ3v) is 3.73. The van der Waals surface area contributed by atoms with Crippen LogP contribution in [-0.2, 0) is 11.6 Å². The Labute approximate surface area is 150 Å². The molecule has 0 aliphatic carbocycles. The van der Waals surface area contributed by atoms with Gasteiger partial charge in [-0.15, -0.1) is 0 Å². The van der Waals surface area contributed by atoms with Gasteiger partial charge in [0.1, 0.15) is 17.0 Å². The molecular weight excluding hydrogens is 379 g/mol. The first kappa shape index (κ1) is 20.7. The zero-order valence-electron chi connectivity index (χ0n) is 14.3. The van der Waals surface area contributed by atoms with E-state index in [1.165, 1.54) is 12.1 Å². The minimum atomic E-state index is -5.63. The monoisotopic (exact) mass is 393 g/mol. The minimum absolute atomic E-state index is 0.0399. The lowest BCUT2D eigenvalue weighted by atomic mass is 9.85. The molecule has 1 N–H and O–H groups in total. The van der Waals surface area contributed by atoms with Gasteiger partial charge in [0.25, 0.3) is 0 Å². The molecule has 0 radical (unpaired) electrons. The standard InChI is InChI=1S/C18H14F7NO/c1-17(2,3)9-6-4-5-8(16(9)27)7-26-15-13(21)11(19)10(18(23,24)25)12(20)14(15)22/h4-7,27H,1-3H3. The number of phenolic OH excluding ortho intramolecular Hbond substituents is 1. The molecule has 2 aromatic carbocycles. The van der Waals surface area contributed by atoms with Gasteiger partial charge in [0.15, 0.2) is 23.3 Å². The number of nitrogens with zero attached hydrogens (tertiary/aromatic N) is 1. The summed E-state index contributed by atoms with van der Waals surface area (Å²) in [5.74, 6) is -10.1. The Balaban J connectivity index is 2.60. The molecule has 9 heteroatoms. The topological polar surface area (TPSA) is 32.6 Å². The van der Waals surface area contributed by atoms with Crippen LogP contribution in [0.2, 0.25) is 0 Å². The van der Waals surface area contributed by atoms with E-state index >= 15 is 0 Å².